The predicted octanol–water partition coefficient (Wildman–Crippen LogP) is 29.4. The second kappa shape index (κ2) is 84.0. The molecule has 560 valence electrons. The fraction of sp³-hybridized carbons (Fsp3) is 0.955. The van der Waals surface area contributed by atoms with Gasteiger partial charge in [0.1, 0.15) is 0 Å². The van der Waals surface area contributed by atoms with Gasteiger partial charge in [-0.05, 0) is 32.1 Å². The van der Waals surface area contributed by atoms with Crippen molar-refractivity contribution in [1.82, 2.24) is 5.32 Å². The van der Waals surface area contributed by atoms with Crippen molar-refractivity contribution in [2.75, 3.05) is 13.2 Å². The Morgan fingerprint density at radius 3 is 0.723 bits per heavy atom. The van der Waals surface area contributed by atoms with Crippen LogP contribution in [0.2, 0.25) is 0 Å². The Hall–Kier alpha value is -1.40. The second-order valence-corrected chi connectivity index (χ2v) is 30.6. The topological polar surface area (TPSA) is 95.9 Å². The van der Waals surface area contributed by atoms with Crippen LogP contribution in [-0.2, 0) is 14.3 Å². The molecule has 0 radical (unpaired) electrons. The lowest BCUT2D eigenvalue weighted by Crippen LogP contribution is -2.45. The van der Waals surface area contributed by atoms with Gasteiger partial charge in [-0.1, -0.05) is 482 Å². The lowest BCUT2D eigenvalue weighted by Gasteiger charge is -2.20. The number of ether oxygens (including phenoxy) is 1. The number of hydrogen-bond donors (Lipinski definition) is 3. The van der Waals surface area contributed by atoms with Gasteiger partial charge in [-0.3, -0.25) is 9.59 Å². The third-order valence-electron chi connectivity index (χ3n) is 21.1. The van der Waals surface area contributed by atoms with E-state index in [0.29, 0.717) is 19.4 Å². The van der Waals surface area contributed by atoms with Crippen molar-refractivity contribution in [1.29, 1.82) is 0 Å². The molecule has 0 saturated heterocycles. The van der Waals surface area contributed by atoms with E-state index in [1.54, 1.807) is 6.08 Å². The number of hydrogen-bond acceptors (Lipinski definition) is 5. The van der Waals surface area contributed by atoms with Gasteiger partial charge in [0.25, 0.3) is 0 Å². The molecule has 3 N–H and O–H groups in total. The molecule has 0 fully saturated rings. The predicted molar refractivity (Wildman–Crippen MR) is 417 cm³/mol. The highest BCUT2D eigenvalue weighted by Gasteiger charge is 2.18. The first-order chi connectivity index (χ1) is 46.5. The molecule has 0 spiro atoms. The Labute approximate surface area is 590 Å². The van der Waals surface area contributed by atoms with Crippen molar-refractivity contribution in [3.05, 3.63) is 12.2 Å². The van der Waals surface area contributed by atoms with Crippen LogP contribution in [0.15, 0.2) is 12.2 Å². The van der Waals surface area contributed by atoms with Gasteiger partial charge in [-0.2, -0.15) is 0 Å². The van der Waals surface area contributed by atoms with Crippen LogP contribution in [0.25, 0.3) is 0 Å². The van der Waals surface area contributed by atoms with E-state index in [9.17, 15) is 19.8 Å². The average molecular weight is 1330 g/mol. The van der Waals surface area contributed by atoms with E-state index in [1.807, 2.05) is 6.08 Å². The summed E-state index contributed by atoms with van der Waals surface area (Å²) in [6, 6.07) is -0.625. The largest absolute Gasteiger partial charge is 0.466 e. The van der Waals surface area contributed by atoms with Crippen LogP contribution < -0.4 is 5.32 Å². The molecule has 0 heterocycles. The molecule has 0 rings (SSSR count). The minimum absolute atomic E-state index is 0.0275. The molecule has 94 heavy (non-hydrogen) atoms. The van der Waals surface area contributed by atoms with Crippen LogP contribution in [0, 0.1) is 0 Å². The van der Waals surface area contributed by atoms with Gasteiger partial charge in [0, 0.05) is 12.8 Å². The minimum atomic E-state index is -0.842. The Balaban J connectivity index is 3.32. The van der Waals surface area contributed by atoms with E-state index in [0.717, 1.165) is 38.5 Å². The summed E-state index contributed by atoms with van der Waals surface area (Å²) in [5.41, 5.74) is 0. The van der Waals surface area contributed by atoms with Crippen molar-refractivity contribution in [3.8, 4) is 0 Å². The molecular weight excluding hydrogens is 1150 g/mol. The lowest BCUT2D eigenvalue weighted by molar-refractivity contribution is -0.143. The lowest BCUT2D eigenvalue weighted by atomic mass is 10.0. The minimum Gasteiger partial charge on any atom is -0.466 e. The van der Waals surface area contributed by atoms with Crippen LogP contribution in [-0.4, -0.2) is 47.4 Å². The number of esters is 1. The van der Waals surface area contributed by atoms with Gasteiger partial charge in [0.05, 0.1) is 25.4 Å². The molecule has 0 aromatic carbocycles. The maximum absolute atomic E-state index is 12.6. The molecule has 6 heteroatoms. The zero-order chi connectivity index (χ0) is 67.7. The van der Waals surface area contributed by atoms with Crippen LogP contribution in [0.3, 0.4) is 0 Å². The van der Waals surface area contributed by atoms with E-state index >= 15 is 0 Å². The van der Waals surface area contributed by atoms with Gasteiger partial charge in [0.2, 0.25) is 5.91 Å². The van der Waals surface area contributed by atoms with Gasteiger partial charge < -0.3 is 20.3 Å². The Kier molecular flexibility index (Phi) is 82.8. The summed E-state index contributed by atoms with van der Waals surface area (Å²) in [4.78, 5) is 24.7. The number of nitrogens with one attached hydrogen (secondary N) is 1. The Morgan fingerprint density at radius 2 is 0.489 bits per heavy atom. The van der Waals surface area contributed by atoms with Crippen molar-refractivity contribution in [2.45, 2.75) is 527 Å². The third kappa shape index (κ3) is 79.6. The van der Waals surface area contributed by atoms with Crippen LogP contribution in [0.5, 0.6) is 0 Å². The maximum Gasteiger partial charge on any atom is 0.305 e. The number of rotatable bonds is 84. The summed E-state index contributed by atoms with van der Waals surface area (Å²) < 4.78 is 5.51. The zero-order valence-corrected chi connectivity index (χ0v) is 64.5. The number of aliphatic hydroxyl groups excluding tert-OH is 2. The summed E-state index contributed by atoms with van der Waals surface area (Å²) in [7, 11) is 0. The number of allylic oxidation sites excluding steroid dienone is 1. The van der Waals surface area contributed by atoms with E-state index in [2.05, 4.69) is 19.2 Å². The Morgan fingerprint density at radius 1 is 0.287 bits per heavy atom. The molecule has 2 atom stereocenters. The van der Waals surface area contributed by atoms with Crippen molar-refractivity contribution in [2.24, 2.45) is 0 Å². The summed E-state index contributed by atoms with van der Waals surface area (Å²) in [6.07, 6.45) is 108. The van der Waals surface area contributed by atoms with Crippen LogP contribution in [0.1, 0.15) is 515 Å². The van der Waals surface area contributed by atoms with Gasteiger partial charge in [0.15, 0.2) is 0 Å². The molecule has 0 aliphatic heterocycles. The quantitative estimate of drug-likeness (QED) is 0.0320. The normalized spacial score (nSPS) is 12.4. The second-order valence-electron chi connectivity index (χ2n) is 30.6. The van der Waals surface area contributed by atoms with Crippen molar-refractivity contribution < 1.29 is 24.5 Å². The SMILES string of the molecule is CCCCCCCCCCCCCCCCCCCCCCCCC/C=C/C(O)C(CO)NC(=O)CCCCCCCCCCCCCCCCCCCCCCCCCCCCCCCCCCCCCCCOC(=O)CCCCCCCCCCCCCCCCC. The molecule has 0 aliphatic carbocycles. The highest BCUT2D eigenvalue weighted by molar-refractivity contribution is 5.76. The highest BCUT2D eigenvalue weighted by atomic mass is 16.5. The van der Waals surface area contributed by atoms with Crippen LogP contribution in [0.4, 0.5) is 0 Å². The van der Waals surface area contributed by atoms with E-state index in [-0.39, 0.29) is 18.5 Å². The molecule has 6 nitrogen and oxygen atoms in total. The smallest absolute Gasteiger partial charge is 0.305 e. The third-order valence-corrected chi connectivity index (χ3v) is 21.1. The summed E-state index contributed by atoms with van der Waals surface area (Å²) in [5.74, 6) is -0.0283. The van der Waals surface area contributed by atoms with Gasteiger partial charge in [-0.25, -0.2) is 0 Å². The number of aliphatic hydroxyl groups is 2. The first kappa shape index (κ1) is 92.6. The molecule has 0 aromatic heterocycles. The fourth-order valence-electron chi connectivity index (χ4n) is 14.4. The molecule has 2 unspecified atom stereocenters. The van der Waals surface area contributed by atoms with E-state index in [1.165, 1.54) is 449 Å². The first-order valence-electron chi connectivity index (χ1n) is 44.0. The molecule has 0 saturated carbocycles. The molecule has 0 aromatic rings. The molecule has 0 bridgehead atoms. The van der Waals surface area contributed by atoms with E-state index in [4.69, 9.17) is 4.74 Å². The zero-order valence-electron chi connectivity index (χ0n) is 64.5. The highest BCUT2D eigenvalue weighted by Crippen LogP contribution is 2.21. The monoisotopic (exact) mass is 1320 g/mol. The number of carbonyl (C=O) groups excluding carboxylic acids is 2. The summed E-state index contributed by atoms with van der Waals surface area (Å²) in [6.45, 7) is 4.98. The molecular formula is C88H173NO5. The number of amides is 1. The average Bonchev–Trinajstić information content (AvgIpc) is 3.26. The summed E-state index contributed by atoms with van der Waals surface area (Å²) in [5, 5.41) is 23.4. The van der Waals surface area contributed by atoms with Gasteiger partial charge in [-0.15, -0.1) is 0 Å². The van der Waals surface area contributed by atoms with E-state index < -0.39 is 12.1 Å². The standard InChI is InChI=1S/C88H173NO5/c1-3-5-7-9-11-13-15-17-19-20-21-22-23-37-40-43-46-49-53-56-60-64-68-72-76-80-86(91)85(84-90)89-87(92)81-77-73-69-65-61-57-54-50-47-44-41-38-35-33-31-29-27-25-24-26-28-30-32-34-36-39-42-45-48-51-55-59-63-67-71-75-79-83-94-88(93)82-78-74-70-66-62-58-52-18-16-14-12-10-8-6-4-2/h76,80,85-86,90-91H,3-75,77-79,81-84H2,1-2H3,(H,89,92)/b80-76+. The Bertz CT molecular complexity index is 1430. The fourth-order valence-corrected chi connectivity index (χ4v) is 14.4. The first-order valence-corrected chi connectivity index (χ1v) is 44.0. The van der Waals surface area contributed by atoms with Gasteiger partial charge >= 0.3 is 5.97 Å². The number of unbranched alkanes of at least 4 members (excludes halogenated alkanes) is 73. The molecule has 0 aliphatic rings. The maximum atomic E-state index is 12.6. The van der Waals surface area contributed by atoms with Crippen molar-refractivity contribution in [3.63, 3.8) is 0 Å². The number of carbonyl (C=O) groups is 2. The molecule has 1 amide bonds. The summed E-state index contributed by atoms with van der Waals surface area (Å²) >= 11 is 0. The van der Waals surface area contributed by atoms with Crippen molar-refractivity contribution >= 4 is 11.9 Å². The van der Waals surface area contributed by atoms with Crippen LogP contribution >= 0.6 is 0 Å².